The highest BCUT2D eigenvalue weighted by Crippen LogP contribution is 2.26. The first-order valence-electron chi connectivity index (χ1n) is 6.82. The van der Waals surface area contributed by atoms with E-state index in [1.165, 1.54) is 18.6 Å². The van der Waals surface area contributed by atoms with Gasteiger partial charge in [-0.1, -0.05) is 25.3 Å². The normalized spacial score (nSPS) is 16.9. The van der Waals surface area contributed by atoms with Gasteiger partial charge in [-0.25, -0.2) is 13.6 Å². The average Bonchev–Trinajstić information content (AvgIpc) is 2.41. The van der Waals surface area contributed by atoms with E-state index in [1.54, 1.807) is 6.07 Å². The van der Waals surface area contributed by atoms with Gasteiger partial charge in [0.05, 0.1) is 4.90 Å². The monoisotopic (exact) mass is 296 g/mol. The number of sulfonamides is 1. The van der Waals surface area contributed by atoms with Gasteiger partial charge in [-0.2, -0.15) is 0 Å². The largest absolute Gasteiger partial charge is 0.326 e. The molecular weight excluding hydrogens is 276 g/mol. The third-order valence-corrected chi connectivity index (χ3v) is 4.68. The summed E-state index contributed by atoms with van der Waals surface area (Å²) in [5.74, 6) is 0.000610. The lowest BCUT2D eigenvalue weighted by Crippen LogP contribution is -2.25. The molecule has 1 aliphatic carbocycles. The first kappa shape index (κ1) is 15.0. The fraction of sp³-hybridized carbons (Fsp3) is 0.500. The Bertz CT molecular complexity index is 605. The highest BCUT2D eigenvalue weighted by atomic mass is 32.2. The number of carbonyl (C=O) groups excluding carboxylic acids is 1. The minimum absolute atomic E-state index is 0.0158. The Hall–Kier alpha value is -1.40. The van der Waals surface area contributed by atoms with E-state index in [4.69, 9.17) is 5.14 Å². The van der Waals surface area contributed by atoms with Crippen molar-refractivity contribution in [1.82, 2.24) is 0 Å². The van der Waals surface area contributed by atoms with Crippen LogP contribution in [0.5, 0.6) is 0 Å². The van der Waals surface area contributed by atoms with Gasteiger partial charge in [0.1, 0.15) is 0 Å². The quantitative estimate of drug-likeness (QED) is 0.895. The molecule has 0 aliphatic heterocycles. The van der Waals surface area contributed by atoms with Crippen LogP contribution in [0.15, 0.2) is 23.1 Å². The minimum atomic E-state index is -3.75. The number of carbonyl (C=O) groups is 1. The van der Waals surface area contributed by atoms with Gasteiger partial charge in [0.2, 0.25) is 15.9 Å². The molecule has 0 spiro atoms. The summed E-state index contributed by atoms with van der Waals surface area (Å²) >= 11 is 0. The number of hydrogen-bond donors (Lipinski definition) is 2. The fourth-order valence-electron chi connectivity index (χ4n) is 2.51. The van der Waals surface area contributed by atoms with Crippen LogP contribution in [0.1, 0.15) is 37.7 Å². The van der Waals surface area contributed by atoms with E-state index in [9.17, 15) is 13.2 Å². The second-order valence-corrected chi connectivity index (χ2v) is 6.91. The molecule has 110 valence electrons. The van der Waals surface area contributed by atoms with Gasteiger partial charge in [-0.3, -0.25) is 4.79 Å². The van der Waals surface area contributed by atoms with Crippen molar-refractivity contribution in [3.05, 3.63) is 23.8 Å². The van der Waals surface area contributed by atoms with Gasteiger partial charge >= 0.3 is 0 Å². The molecule has 0 unspecified atom stereocenters. The number of anilines is 1. The van der Waals surface area contributed by atoms with Crippen LogP contribution in [0.4, 0.5) is 5.69 Å². The zero-order chi connectivity index (χ0) is 14.8. The molecule has 1 saturated carbocycles. The molecule has 0 aromatic heterocycles. The van der Waals surface area contributed by atoms with E-state index in [1.807, 2.05) is 6.92 Å². The number of aryl methyl sites for hydroxylation is 1. The highest BCUT2D eigenvalue weighted by Gasteiger charge is 2.22. The Morgan fingerprint density at radius 1 is 1.25 bits per heavy atom. The standard InChI is InChI=1S/C14H20N2O3S/c1-10-7-8-12(20(15,18)19)9-13(10)16-14(17)11-5-3-2-4-6-11/h7-9,11H,2-6H2,1H3,(H,16,17)(H2,15,18,19). The lowest BCUT2D eigenvalue weighted by Gasteiger charge is -2.21. The number of primary sulfonamides is 1. The van der Waals surface area contributed by atoms with Crippen molar-refractivity contribution < 1.29 is 13.2 Å². The van der Waals surface area contributed by atoms with E-state index < -0.39 is 10.0 Å². The van der Waals surface area contributed by atoms with Crippen molar-refractivity contribution in [1.29, 1.82) is 0 Å². The van der Waals surface area contributed by atoms with Crippen LogP contribution in [0, 0.1) is 12.8 Å². The molecule has 0 radical (unpaired) electrons. The third kappa shape index (κ3) is 3.58. The average molecular weight is 296 g/mol. The number of nitrogens with two attached hydrogens (primary N) is 1. The number of nitrogens with one attached hydrogen (secondary N) is 1. The molecule has 20 heavy (non-hydrogen) atoms. The Kier molecular flexibility index (Phi) is 4.45. The Labute approximate surface area is 119 Å². The van der Waals surface area contributed by atoms with Crippen LogP contribution in [0.2, 0.25) is 0 Å². The van der Waals surface area contributed by atoms with E-state index in [2.05, 4.69) is 5.32 Å². The maximum Gasteiger partial charge on any atom is 0.238 e. The predicted octanol–water partition coefficient (Wildman–Crippen LogP) is 2.16. The van der Waals surface area contributed by atoms with Crippen LogP contribution in [0.3, 0.4) is 0 Å². The maximum atomic E-state index is 12.2. The number of rotatable bonds is 3. The van der Waals surface area contributed by atoms with Gasteiger partial charge < -0.3 is 5.32 Å². The van der Waals surface area contributed by atoms with Crippen molar-refractivity contribution in [2.75, 3.05) is 5.32 Å². The summed E-state index contributed by atoms with van der Waals surface area (Å²) in [6.45, 7) is 1.82. The SMILES string of the molecule is Cc1ccc(S(N)(=O)=O)cc1NC(=O)C1CCCCC1. The highest BCUT2D eigenvalue weighted by molar-refractivity contribution is 7.89. The molecule has 0 atom stereocenters. The molecule has 3 N–H and O–H groups in total. The van der Waals surface area contributed by atoms with Crippen LogP contribution < -0.4 is 10.5 Å². The Morgan fingerprint density at radius 3 is 2.50 bits per heavy atom. The van der Waals surface area contributed by atoms with Gasteiger partial charge in [-0.05, 0) is 37.5 Å². The lowest BCUT2D eigenvalue weighted by atomic mass is 9.88. The molecule has 5 nitrogen and oxygen atoms in total. The summed E-state index contributed by atoms with van der Waals surface area (Å²) in [6.07, 6.45) is 5.14. The maximum absolute atomic E-state index is 12.2. The van der Waals surface area contributed by atoms with Gasteiger partial charge in [0.25, 0.3) is 0 Å². The molecule has 0 heterocycles. The molecule has 6 heteroatoms. The summed E-state index contributed by atoms with van der Waals surface area (Å²) < 4.78 is 22.7. The van der Waals surface area contributed by atoms with Crippen LogP contribution >= 0.6 is 0 Å². The van der Waals surface area contributed by atoms with E-state index in [0.29, 0.717) is 5.69 Å². The summed E-state index contributed by atoms with van der Waals surface area (Å²) in [7, 11) is -3.75. The first-order valence-corrected chi connectivity index (χ1v) is 8.37. The molecule has 0 saturated heterocycles. The Morgan fingerprint density at radius 2 is 1.90 bits per heavy atom. The van der Waals surface area contributed by atoms with Crippen molar-refractivity contribution in [2.45, 2.75) is 43.9 Å². The molecule has 1 amide bonds. The van der Waals surface area contributed by atoms with Crippen molar-refractivity contribution in [3.8, 4) is 0 Å². The topological polar surface area (TPSA) is 89.3 Å². The first-order chi connectivity index (χ1) is 9.38. The Balaban J connectivity index is 2.18. The van der Waals surface area contributed by atoms with Crippen molar-refractivity contribution in [2.24, 2.45) is 11.1 Å². The smallest absolute Gasteiger partial charge is 0.238 e. The van der Waals surface area contributed by atoms with Crippen molar-refractivity contribution >= 4 is 21.6 Å². The minimum Gasteiger partial charge on any atom is -0.326 e. The second-order valence-electron chi connectivity index (χ2n) is 5.35. The zero-order valence-electron chi connectivity index (χ0n) is 11.6. The molecule has 1 aliphatic rings. The van der Waals surface area contributed by atoms with E-state index in [0.717, 1.165) is 31.2 Å². The van der Waals surface area contributed by atoms with Gasteiger partial charge in [0, 0.05) is 11.6 Å². The lowest BCUT2D eigenvalue weighted by molar-refractivity contribution is -0.120. The van der Waals surface area contributed by atoms with Crippen molar-refractivity contribution in [3.63, 3.8) is 0 Å². The number of benzene rings is 1. The molecular formula is C14H20N2O3S. The summed E-state index contributed by atoms with van der Waals surface area (Å²) in [5.41, 5.74) is 1.34. The fourth-order valence-corrected chi connectivity index (χ4v) is 3.05. The summed E-state index contributed by atoms with van der Waals surface area (Å²) in [5, 5.41) is 7.94. The van der Waals surface area contributed by atoms with Crippen LogP contribution in [0.25, 0.3) is 0 Å². The number of hydrogen-bond acceptors (Lipinski definition) is 3. The predicted molar refractivity (Wildman–Crippen MR) is 77.8 cm³/mol. The van der Waals surface area contributed by atoms with Crippen LogP contribution in [-0.2, 0) is 14.8 Å². The number of amides is 1. The molecule has 1 aromatic carbocycles. The van der Waals surface area contributed by atoms with E-state index >= 15 is 0 Å². The molecule has 2 rings (SSSR count). The third-order valence-electron chi connectivity index (χ3n) is 3.77. The van der Waals surface area contributed by atoms with Crippen LogP contribution in [-0.4, -0.2) is 14.3 Å². The zero-order valence-corrected chi connectivity index (χ0v) is 12.4. The molecule has 1 aromatic rings. The van der Waals surface area contributed by atoms with Gasteiger partial charge in [0.15, 0.2) is 0 Å². The van der Waals surface area contributed by atoms with Gasteiger partial charge in [-0.15, -0.1) is 0 Å². The summed E-state index contributed by atoms with van der Waals surface area (Å²) in [4.78, 5) is 12.2. The molecule has 1 fully saturated rings. The van der Waals surface area contributed by atoms with E-state index in [-0.39, 0.29) is 16.7 Å². The molecule has 0 bridgehead atoms. The summed E-state index contributed by atoms with van der Waals surface area (Å²) in [6, 6.07) is 4.52. The second kappa shape index (κ2) is 5.93.